The highest BCUT2D eigenvalue weighted by atomic mass is 16.5. The number of hydrogen-bond donors (Lipinski definition) is 2. The Bertz CT molecular complexity index is 803. The second-order valence-corrected chi connectivity index (χ2v) is 8.79. The van der Waals surface area contributed by atoms with E-state index in [1.807, 2.05) is 42.2 Å². The number of hydrogen-bond acceptors (Lipinski definition) is 5. The number of nitrogens with zero attached hydrogens (tertiary/aromatic N) is 2. The Morgan fingerprint density at radius 2 is 1.81 bits per heavy atom. The quantitative estimate of drug-likeness (QED) is 0.664. The number of aryl methyl sites for hydroxylation is 1. The summed E-state index contributed by atoms with van der Waals surface area (Å²) >= 11 is 0. The van der Waals surface area contributed by atoms with E-state index in [2.05, 4.69) is 15.5 Å². The number of piperidine rings is 1. The molecule has 2 unspecified atom stereocenters. The smallest absolute Gasteiger partial charge is 0.322 e. The maximum absolute atomic E-state index is 13.0. The molecular formula is C23H32N4O4. The summed E-state index contributed by atoms with van der Waals surface area (Å²) in [6.07, 6.45) is 2.66. The van der Waals surface area contributed by atoms with Crippen LogP contribution in [-0.4, -0.2) is 78.6 Å². The molecule has 3 fully saturated rings. The molecule has 3 saturated heterocycles. The molecule has 0 aliphatic carbocycles. The Hall–Kier alpha value is -2.45. The zero-order valence-corrected chi connectivity index (χ0v) is 18.1. The summed E-state index contributed by atoms with van der Waals surface area (Å²) in [6, 6.07) is 9.42. The number of carbonyl (C=O) groups is 3. The van der Waals surface area contributed by atoms with E-state index in [9.17, 15) is 14.4 Å². The van der Waals surface area contributed by atoms with Crippen molar-refractivity contribution in [2.24, 2.45) is 5.92 Å². The molecule has 8 nitrogen and oxygen atoms in total. The monoisotopic (exact) mass is 428 g/mol. The molecule has 3 aliphatic heterocycles. The molecule has 4 amide bonds. The van der Waals surface area contributed by atoms with Crippen LogP contribution in [0, 0.1) is 5.92 Å². The Morgan fingerprint density at radius 1 is 1.13 bits per heavy atom. The van der Waals surface area contributed by atoms with Crippen molar-refractivity contribution in [2.45, 2.75) is 44.2 Å². The van der Waals surface area contributed by atoms with Gasteiger partial charge in [0.2, 0.25) is 5.91 Å². The van der Waals surface area contributed by atoms with Gasteiger partial charge in [0.15, 0.2) is 0 Å². The number of likely N-dealkylation sites (tertiary alicyclic amines) is 1. The average molecular weight is 429 g/mol. The van der Waals surface area contributed by atoms with E-state index in [0.717, 1.165) is 18.7 Å². The molecule has 1 aromatic rings. The number of nitrogens with one attached hydrogen (secondary N) is 2. The minimum Gasteiger partial charge on any atom is -0.379 e. The number of benzene rings is 1. The third-order valence-corrected chi connectivity index (χ3v) is 7.07. The molecule has 3 heterocycles. The van der Waals surface area contributed by atoms with Crippen molar-refractivity contribution in [3.8, 4) is 0 Å². The Kier molecular flexibility index (Phi) is 6.57. The maximum atomic E-state index is 13.0. The molecule has 2 N–H and O–H groups in total. The first-order valence-electron chi connectivity index (χ1n) is 11.3. The fraction of sp³-hybridized carbons (Fsp3) is 0.609. The van der Waals surface area contributed by atoms with Gasteiger partial charge in [-0.1, -0.05) is 30.3 Å². The fourth-order valence-electron chi connectivity index (χ4n) is 5.14. The largest absolute Gasteiger partial charge is 0.379 e. The van der Waals surface area contributed by atoms with Crippen molar-refractivity contribution < 1.29 is 19.1 Å². The Morgan fingerprint density at radius 3 is 2.42 bits per heavy atom. The van der Waals surface area contributed by atoms with Crippen LogP contribution in [0.5, 0.6) is 0 Å². The third kappa shape index (κ3) is 4.60. The summed E-state index contributed by atoms with van der Waals surface area (Å²) < 4.78 is 5.39. The van der Waals surface area contributed by atoms with E-state index in [1.54, 1.807) is 0 Å². The fourth-order valence-corrected chi connectivity index (χ4v) is 5.14. The number of amides is 4. The topological polar surface area (TPSA) is 91.0 Å². The van der Waals surface area contributed by atoms with Crippen molar-refractivity contribution in [3.05, 3.63) is 35.9 Å². The first kappa shape index (κ1) is 21.8. The molecule has 0 spiro atoms. The number of ether oxygens (including phenoxy) is 1. The van der Waals surface area contributed by atoms with Gasteiger partial charge in [-0.15, -0.1) is 0 Å². The lowest BCUT2D eigenvalue weighted by atomic mass is 9.74. The molecule has 3 aliphatic rings. The van der Waals surface area contributed by atoms with E-state index >= 15 is 0 Å². The number of imide groups is 1. The SMILES string of the molecule is CC(C(=O)N1CCC(C2(CCc3ccccc3)NC(=O)NC2=O)CC1)N1CCOCC1. The lowest BCUT2D eigenvalue weighted by molar-refractivity contribution is -0.140. The number of rotatable bonds is 6. The Labute approximate surface area is 183 Å². The lowest BCUT2D eigenvalue weighted by Gasteiger charge is -2.42. The van der Waals surface area contributed by atoms with Crippen LogP contribution in [0.4, 0.5) is 4.79 Å². The second kappa shape index (κ2) is 9.36. The predicted octanol–water partition coefficient (Wildman–Crippen LogP) is 1.16. The van der Waals surface area contributed by atoms with Gasteiger partial charge in [-0.3, -0.25) is 19.8 Å². The lowest BCUT2D eigenvalue weighted by Crippen LogP contribution is -2.58. The van der Waals surface area contributed by atoms with E-state index in [0.29, 0.717) is 52.0 Å². The second-order valence-electron chi connectivity index (χ2n) is 8.79. The van der Waals surface area contributed by atoms with Gasteiger partial charge in [-0.2, -0.15) is 0 Å². The van der Waals surface area contributed by atoms with Crippen molar-refractivity contribution in [2.75, 3.05) is 39.4 Å². The van der Waals surface area contributed by atoms with E-state index < -0.39 is 11.6 Å². The van der Waals surface area contributed by atoms with Crippen LogP contribution in [0.3, 0.4) is 0 Å². The third-order valence-electron chi connectivity index (χ3n) is 7.07. The first-order chi connectivity index (χ1) is 15.0. The predicted molar refractivity (Wildman–Crippen MR) is 115 cm³/mol. The van der Waals surface area contributed by atoms with Crippen LogP contribution in [0.2, 0.25) is 0 Å². The highest BCUT2D eigenvalue weighted by molar-refractivity contribution is 6.07. The van der Waals surface area contributed by atoms with Gasteiger partial charge in [-0.05, 0) is 44.1 Å². The molecule has 8 heteroatoms. The summed E-state index contributed by atoms with van der Waals surface area (Å²) in [7, 11) is 0. The highest BCUT2D eigenvalue weighted by Crippen LogP contribution is 2.35. The molecule has 4 rings (SSSR count). The zero-order chi connectivity index (χ0) is 21.8. The van der Waals surface area contributed by atoms with Gasteiger partial charge < -0.3 is 15.0 Å². The van der Waals surface area contributed by atoms with E-state index in [1.165, 1.54) is 0 Å². The van der Waals surface area contributed by atoms with E-state index in [-0.39, 0.29) is 23.8 Å². The molecule has 0 radical (unpaired) electrons. The molecule has 168 valence electrons. The van der Waals surface area contributed by atoms with Gasteiger partial charge in [0.05, 0.1) is 19.3 Å². The maximum Gasteiger partial charge on any atom is 0.322 e. The van der Waals surface area contributed by atoms with Crippen LogP contribution in [0.1, 0.15) is 31.7 Å². The van der Waals surface area contributed by atoms with Crippen molar-refractivity contribution in [3.63, 3.8) is 0 Å². The molecule has 0 bridgehead atoms. The van der Waals surface area contributed by atoms with Gasteiger partial charge in [-0.25, -0.2) is 4.79 Å². The minimum atomic E-state index is -0.905. The van der Waals surface area contributed by atoms with Crippen molar-refractivity contribution in [1.82, 2.24) is 20.4 Å². The number of morpholine rings is 1. The molecular weight excluding hydrogens is 396 g/mol. The van der Waals surface area contributed by atoms with E-state index in [4.69, 9.17) is 4.74 Å². The molecule has 0 aromatic heterocycles. The first-order valence-corrected chi connectivity index (χ1v) is 11.3. The molecule has 1 aromatic carbocycles. The van der Waals surface area contributed by atoms with Gasteiger partial charge in [0, 0.05) is 26.2 Å². The summed E-state index contributed by atoms with van der Waals surface area (Å²) in [5.41, 5.74) is 0.237. The van der Waals surface area contributed by atoms with Crippen LogP contribution >= 0.6 is 0 Å². The minimum absolute atomic E-state index is 0.00500. The van der Waals surface area contributed by atoms with Gasteiger partial charge in [0.25, 0.3) is 5.91 Å². The van der Waals surface area contributed by atoms with Crippen molar-refractivity contribution in [1.29, 1.82) is 0 Å². The van der Waals surface area contributed by atoms with Crippen LogP contribution < -0.4 is 10.6 Å². The van der Waals surface area contributed by atoms with Gasteiger partial charge in [0.1, 0.15) is 5.54 Å². The summed E-state index contributed by atoms with van der Waals surface area (Å²) in [5.74, 6) is -0.0936. The number of carbonyl (C=O) groups excluding carboxylic acids is 3. The Balaban J connectivity index is 1.40. The van der Waals surface area contributed by atoms with Crippen LogP contribution in [0.25, 0.3) is 0 Å². The molecule has 0 saturated carbocycles. The van der Waals surface area contributed by atoms with Crippen LogP contribution in [0.15, 0.2) is 30.3 Å². The molecule has 2 atom stereocenters. The molecule has 31 heavy (non-hydrogen) atoms. The summed E-state index contributed by atoms with van der Waals surface area (Å²) in [5, 5.41) is 5.40. The highest BCUT2D eigenvalue weighted by Gasteiger charge is 2.52. The summed E-state index contributed by atoms with van der Waals surface area (Å²) in [4.78, 5) is 42.0. The zero-order valence-electron chi connectivity index (χ0n) is 18.1. The summed E-state index contributed by atoms with van der Waals surface area (Å²) in [6.45, 7) is 6.06. The normalized spacial score (nSPS) is 26.4. The van der Waals surface area contributed by atoms with Gasteiger partial charge >= 0.3 is 6.03 Å². The van der Waals surface area contributed by atoms with Crippen molar-refractivity contribution >= 4 is 17.8 Å². The number of urea groups is 1. The standard InChI is InChI=1S/C23H32N4O4/c1-17(26-13-15-31-16-14-26)20(28)27-11-8-19(9-12-27)23(21(29)24-22(30)25-23)10-7-18-5-3-2-4-6-18/h2-6,17,19H,7-16H2,1H3,(H2,24,25,29,30). The average Bonchev–Trinajstić information content (AvgIpc) is 3.12. The van der Waals surface area contributed by atoms with Crippen LogP contribution in [-0.2, 0) is 20.7 Å².